The van der Waals surface area contributed by atoms with Gasteiger partial charge >= 0.3 is 0 Å². The number of carbonyl (C=O) groups is 1. The number of hydrogen-bond acceptors (Lipinski definition) is 3. The summed E-state index contributed by atoms with van der Waals surface area (Å²) in [6, 6.07) is 12.2. The molecular weight excluding hydrogens is 298 g/mol. The number of nitrogens with one attached hydrogen (secondary N) is 1. The van der Waals surface area contributed by atoms with Gasteiger partial charge in [0.25, 0.3) is 5.91 Å². The van der Waals surface area contributed by atoms with Crippen molar-refractivity contribution in [1.82, 2.24) is 9.88 Å². The normalized spacial score (nSPS) is 15.3. The molecule has 2 aromatic rings. The van der Waals surface area contributed by atoms with Gasteiger partial charge in [-0.2, -0.15) is 0 Å². The summed E-state index contributed by atoms with van der Waals surface area (Å²) in [5, 5.41) is 3.35. The summed E-state index contributed by atoms with van der Waals surface area (Å²) < 4.78 is 0. The van der Waals surface area contributed by atoms with Crippen molar-refractivity contribution >= 4 is 11.6 Å². The Kier molecular flexibility index (Phi) is 5.14. The van der Waals surface area contributed by atoms with Crippen LogP contribution in [0.4, 0.5) is 5.69 Å². The molecule has 1 aliphatic heterocycles. The molecule has 1 fully saturated rings. The van der Waals surface area contributed by atoms with E-state index in [4.69, 9.17) is 0 Å². The van der Waals surface area contributed by atoms with Crippen LogP contribution < -0.4 is 5.32 Å². The van der Waals surface area contributed by atoms with Crippen molar-refractivity contribution in [2.45, 2.75) is 33.2 Å². The second-order valence-corrected chi connectivity index (χ2v) is 6.75. The minimum Gasteiger partial charge on any atom is -0.380 e. The highest BCUT2D eigenvalue weighted by Crippen LogP contribution is 2.18. The first-order valence-electron chi connectivity index (χ1n) is 8.66. The molecule has 126 valence electrons. The molecule has 0 unspecified atom stereocenters. The Morgan fingerprint density at radius 1 is 1.25 bits per heavy atom. The minimum atomic E-state index is 0.0483. The fourth-order valence-electron chi connectivity index (χ4n) is 3.02. The van der Waals surface area contributed by atoms with Crippen molar-refractivity contribution in [2.24, 2.45) is 5.92 Å². The molecule has 24 heavy (non-hydrogen) atoms. The number of aryl methyl sites for hydroxylation is 1. The largest absolute Gasteiger partial charge is 0.380 e. The SMILES string of the molecule is Cc1cccc(CNc2ccc(C(=O)N3CCC(C)CC3)nc2)c1. The number of aromatic nitrogens is 1. The predicted octanol–water partition coefficient (Wildman–Crippen LogP) is 3.87. The van der Waals surface area contributed by atoms with Crippen molar-refractivity contribution < 1.29 is 4.79 Å². The van der Waals surface area contributed by atoms with Crippen LogP contribution in [0.2, 0.25) is 0 Å². The Hall–Kier alpha value is -2.36. The van der Waals surface area contributed by atoms with Crippen LogP contribution in [0.5, 0.6) is 0 Å². The Balaban J connectivity index is 1.58. The van der Waals surface area contributed by atoms with Crippen LogP contribution in [0, 0.1) is 12.8 Å². The smallest absolute Gasteiger partial charge is 0.272 e. The zero-order chi connectivity index (χ0) is 16.9. The van der Waals surface area contributed by atoms with E-state index in [9.17, 15) is 4.79 Å². The number of carbonyl (C=O) groups excluding carboxylic acids is 1. The maximum Gasteiger partial charge on any atom is 0.272 e. The summed E-state index contributed by atoms with van der Waals surface area (Å²) >= 11 is 0. The molecule has 3 rings (SSSR count). The molecule has 1 N–H and O–H groups in total. The molecule has 0 atom stereocenters. The van der Waals surface area contributed by atoms with Crippen molar-refractivity contribution in [3.63, 3.8) is 0 Å². The molecule has 1 aromatic carbocycles. The lowest BCUT2D eigenvalue weighted by Crippen LogP contribution is -2.38. The monoisotopic (exact) mass is 323 g/mol. The first kappa shape index (κ1) is 16.5. The van der Waals surface area contributed by atoms with Gasteiger partial charge in [0.05, 0.1) is 11.9 Å². The fourth-order valence-corrected chi connectivity index (χ4v) is 3.02. The number of nitrogens with zero attached hydrogens (tertiary/aromatic N) is 2. The highest BCUT2D eigenvalue weighted by Gasteiger charge is 2.22. The van der Waals surface area contributed by atoms with Gasteiger partial charge in [0.1, 0.15) is 5.69 Å². The van der Waals surface area contributed by atoms with Crippen LogP contribution in [-0.2, 0) is 6.54 Å². The molecule has 0 aliphatic carbocycles. The van der Waals surface area contributed by atoms with Gasteiger partial charge in [0.2, 0.25) is 0 Å². The molecule has 1 aliphatic rings. The van der Waals surface area contributed by atoms with E-state index < -0.39 is 0 Å². The van der Waals surface area contributed by atoms with Gasteiger partial charge in [-0.1, -0.05) is 36.8 Å². The van der Waals surface area contributed by atoms with Crippen LogP contribution in [0.3, 0.4) is 0 Å². The number of amides is 1. The number of likely N-dealkylation sites (tertiary alicyclic amines) is 1. The van der Waals surface area contributed by atoms with Gasteiger partial charge in [-0.25, -0.2) is 4.98 Å². The Labute approximate surface area is 143 Å². The average molecular weight is 323 g/mol. The van der Waals surface area contributed by atoms with E-state index in [1.807, 2.05) is 17.0 Å². The van der Waals surface area contributed by atoms with Gasteiger partial charge in [0.15, 0.2) is 0 Å². The van der Waals surface area contributed by atoms with Crippen LogP contribution in [0.1, 0.15) is 41.4 Å². The molecule has 1 amide bonds. The number of pyridine rings is 1. The lowest BCUT2D eigenvalue weighted by Gasteiger charge is -2.30. The van der Waals surface area contributed by atoms with E-state index in [2.05, 4.69) is 48.4 Å². The molecule has 0 bridgehead atoms. The van der Waals surface area contributed by atoms with Crippen LogP contribution >= 0.6 is 0 Å². The van der Waals surface area contributed by atoms with E-state index in [0.29, 0.717) is 5.69 Å². The van der Waals surface area contributed by atoms with Gasteiger partial charge < -0.3 is 10.2 Å². The third-order valence-electron chi connectivity index (χ3n) is 4.63. The minimum absolute atomic E-state index is 0.0483. The lowest BCUT2D eigenvalue weighted by molar-refractivity contribution is 0.0691. The van der Waals surface area contributed by atoms with Crippen LogP contribution in [0.15, 0.2) is 42.6 Å². The Morgan fingerprint density at radius 2 is 2.04 bits per heavy atom. The van der Waals surface area contributed by atoms with E-state index >= 15 is 0 Å². The molecule has 1 aromatic heterocycles. The van der Waals surface area contributed by atoms with Gasteiger partial charge in [0, 0.05) is 19.6 Å². The van der Waals surface area contributed by atoms with Crippen LogP contribution in [0.25, 0.3) is 0 Å². The molecule has 0 saturated carbocycles. The maximum atomic E-state index is 12.5. The lowest BCUT2D eigenvalue weighted by atomic mass is 9.99. The first-order valence-corrected chi connectivity index (χ1v) is 8.66. The molecular formula is C20H25N3O. The second-order valence-electron chi connectivity index (χ2n) is 6.75. The predicted molar refractivity (Wildman–Crippen MR) is 97.0 cm³/mol. The van der Waals surface area contributed by atoms with E-state index in [-0.39, 0.29) is 5.91 Å². The molecule has 1 saturated heterocycles. The highest BCUT2D eigenvalue weighted by atomic mass is 16.2. The molecule has 2 heterocycles. The third-order valence-corrected chi connectivity index (χ3v) is 4.63. The number of anilines is 1. The standard InChI is InChI=1S/C20H25N3O/c1-15-8-10-23(11-9-15)20(24)19-7-6-18(14-22-19)21-13-17-5-3-4-16(2)12-17/h3-7,12,14-15,21H,8-11,13H2,1-2H3. The zero-order valence-electron chi connectivity index (χ0n) is 14.5. The van der Waals surface area contributed by atoms with Gasteiger partial charge in [-0.3, -0.25) is 4.79 Å². The second kappa shape index (κ2) is 7.47. The molecule has 4 nitrogen and oxygen atoms in total. The number of hydrogen-bond donors (Lipinski definition) is 1. The van der Waals surface area contributed by atoms with Crippen molar-refractivity contribution in [2.75, 3.05) is 18.4 Å². The third kappa shape index (κ3) is 4.13. The highest BCUT2D eigenvalue weighted by molar-refractivity contribution is 5.92. The quantitative estimate of drug-likeness (QED) is 0.929. The van der Waals surface area contributed by atoms with E-state index in [1.54, 1.807) is 6.20 Å². The molecule has 0 radical (unpaired) electrons. The Morgan fingerprint density at radius 3 is 2.71 bits per heavy atom. The average Bonchev–Trinajstić information content (AvgIpc) is 2.61. The number of piperidine rings is 1. The summed E-state index contributed by atoms with van der Waals surface area (Å²) in [6.07, 6.45) is 3.92. The first-order chi connectivity index (χ1) is 11.6. The summed E-state index contributed by atoms with van der Waals surface area (Å²) in [6.45, 7) is 6.77. The van der Waals surface area contributed by atoms with Crippen molar-refractivity contribution in [3.05, 3.63) is 59.4 Å². The van der Waals surface area contributed by atoms with Crippen LogP contribution in [-0.4, -0.2) is 28.9 Å². The van der Waals surface area contributed by atoms with E-state index in [0.717, 1.165) is 44.1 Å². The van der Waals surface area contributed by atoms with Crippen molar-refractivity contribution in [3.8, 4) is 0 Å². The molecule has 0 spiro atoms. The number of benzene rings is 1. The number of rotatable bonds is 4. The van der Waals surface area contributed by atoms with E-state index in [1.165, 1.54) is 11.1 Å². The fraction of sp³-hybridized carbons (Fsp3) is 0.400. The van der Waals surface area contributed by atoms with Crippen molar-refractivity contribution in [1.29, 1.82) is 0 Å². The summed E-state index contributed by atoms with van der Waals surface area (Å²) in [7, 11) is 0. The topological polar surface area (TPSA) is 45.2 Å². The zero-order valence-corrected chi connectivity index (χ0v) is 14.5. The van der Waals surface area contributed by atoms with Gasteiger partial charge in [-0.05, 0) is 43.4 Å². The maximum absolute atomic E-state index is 12.5. The summed E-state index contributed by atoms with van der Waals surface area (Å²) in [5.41, 5.74) is 3.95. The Bertz CT molecular complexity index is 688. The molecule has 4 heteroatoms. The summed E-state index contributed by atoms with van der Waals surface area (Å²) in [5.74, 6) is 0.766. The summed E-state index contributed by atoms with van der Waals surface area (Å²) in [4.78, 5) is 18.7. The van der Waals surface area contributed by atoms with Gasteiger partial charge in [-0.15, -0.1) is 0 Å².